The van der Waals surface area contributed by atoms with Gasteiger partial charge in [0, 0.05) is 24.2 Å². The fraction of sp³-hybridized carbons (Fsp3) is 0.182. The number of hydrogen-bond donors (Lipinski definition) is 1. The van der Waals surface area contributed by atoms with Crippen LogP contribution in [0.5, 0.6) is 11.5 Å². The first-order valence-electron chi connectivity index (χ1n) is 9.28. The van der Waals surface area contributed by atoms with Crippen molar-refractivity contribution in [2.75, 3.05) is 26.3 Å². The van der Waals surface area contributed by atoms with Crippen LogP contribution in [-0.4, -0.2) is 47.3 Å². The predicted molar refractivity (Wildman–Crippen MR) is 105 cm³/mol. The van der Waals surface area contributed by atoms with Crippen molar-refractivity contribution in [3.8, 4) is 34.0 Å². The zero-order valence-corrected chi connectivity index (χ0v) is 15.2. The van der Waals surface area contributed by atoms with Gasteiger partial charge in [-0.25, -0.2) is 0 Å². The molecule has 0 unspecified atom stereocenters. The van der Waals surface area contributed by atoms with E-state index in [1.807, 2.05) is 65.6 Å². The fourth-order valence-corrected chi connectivity index (χ4v) is 3.44. The van der Waals surface area contributed by atoms with Crippen LogP contribution in [0.1, 0.15) is 10.4 Å². The van der Waals surface area contributed by atoms with E-state index in [1.165, 1.54) is 0 Å². The number of rotatable bonds is 3. The molecule has 5 rings (SSSR count). The lowest BCUT2D eigenvalue weighted by Crippen LogP contribution is -2.28. The highest BCUT2D eigenvalue weighted by Crippen LogP contribution is 2.34. The predicted octanol–water partition coefficient (Wildman–Crippen LogP) is 3.53. The number of ether oxygens (including phenoxy) is 2. The Morgan fingerprint density at radius 3 is 2.39 bits per heavy atom. The van der Waals surface area contributed by atoms with Gasteiger partial charge in [0.15, 0.2) is 11.5 Å². The Balaban J connectivity index is 1.36. The van der Waals surface area contributed by atoms with Crippen LogP contribution in [0.2, 0.25) is 0 Å². The number of aromatic amines is 1. The molecule has 2 aliphatic rings. The fourth-order valence-electron chi connectivity index (χ4n) is 3.44. The monoisotopic (exact) mass is 373 g/mol. The molecule has 0 fully saturated rings. The Morgan fingerprint density at radius 1 is 0.893 bits per heavy atom. The van der Waals surface area contributed by atoms with E-state index in [-0.39, 0.29) is 5.91 Å². The van der Waals surface area contributed by atoms with Crippen LogP contribution < -0.4 is 9.47 Å². The lowest BCUT2D eigenvalue weighted by Gasteiger charge is -2.18. The topological polar surface area (TPSA) is 67.5 Å². The normalized spacial score (nSPS) is 15.1. The molecule has 0 saturated heterocycles. The van der Waals surface area contributed by atoms with Gasteiger partial charge < -0.3 is 14.4 Å². The van der Waals surface area contributed by atoms with Crippen molar-refractivity contribution < 1.29 is 14.3 Å². The smallest absolute Gasteiger partial charge is 0.254 e. The molecule has 0 radical (unpaired) electrons. The SMILES string of the molecule is O=C(c1ccc(-c2cc(-c3ccc4c(c3)OCCO4)n[nH]2)cc1)N1CC=CC1. The molecule has 0 aliphatic carbocycles. The Morgan fingerprint density at radius 2 is 1.61 bits per heavy atom. The molecule has 140 valence electrons. The van der Waals surface area contributed by atoms with Crippen LogP contribution in [0.3, 0.4) is 0 Å². The van der Waals surface area contributed by atoms with Gasteiger partial charge in [-0.1, -0.05) is 24.3 Å². The van der Waals surface area contributed by atoms with Gasteiger partial charge in [0.25, 0.3) is 5.91 Å². The first kappa shape index (κ1) is 16.6. The number of nitrogens with zero attached hydrogens (tertiary/aromatic N) is 2. The number of amides is 1. The molecule has 6 heteroatoms. The largest absolute Gasteiger partial charge is 0.486 e. The molecule has 0 saturated carbocycles. The summed E-state index contributed by atoms with van der Waals surface area (Å²) in [4.78, 5) is 14.3. The van der Waals surface area contributed by atoms with Crippen molar-refractivity contribution in [1.82, 2.24) is 15.1 Å². The second-order valence-electron chi connectivity index (χ2n) is 6.78. The van der Waals surface area contributed by atoms with Crippen LogP contribution in [0.25, 0.3) is 22.5 Å². The molecule has 28 heavy (non-hydrogen) atoms. The van der Waals surface area contributed by atoms with Crippen molar-refractivity contribution in [2.24, 2.45) is 0 Å². The molecule has 1 amide bonds. The number of nitrogens with one attached hydrogen (secondary N) is 1. The number of benzene rings is 2. The summed E-state index contributed by atoms with van der Waals surface area (Å²) in [6.07, 6.45) is 4.02. The third-order valence-corrected chi connectivity index (χ3v) is 4.96. The third-order valence-electron chi connectivity index (χ3n) is 4.96. The summed E-state index contributed by atoms with van der Waals surface area (Å²) in [5, 5.41) is 7.50. The maximum atomic E-state index is 12.4. The van der Waals surface area contributed by atoms with Crippen LogP contribution >= 0.6 is 0 Å². The summed E-state index contributed by atoms with van der Waals surface area (Å²) < 4.78 is 11.2. The second kappa shape index (κ2) is 6.88. The Hall–Kier alpha value is -3.54. The van der Waals surface area contributed by atoms with Crippen molar-refractivity contribution in [2.45, 2.75) is 0 Å². The van der Waals surface area contributed by atoms with Gasteiger partial charge in [0.1, 0.15) is 13.2 Å². The highest BCUT2D eigenvalue weighted by molar-refractivity contribution is 5.95. The molecule has 0 spiro atoms. The first-order chi connectivity index (χ1) is 13.8. The van der Waals surface area contributed by atoms with Gasteiger partial charge in [-0.2, -0.15) is 5.10 Å². The van der Waals surface area contributed by atoms with Crippen molar-refractivity contribution in [3.05, 3.63) is 66.2 Å². The summed E-state index contributed by atoms with van der Waals surface area (Å²) in [7, 11) is 0. The van der Waals surface area contributed by atoms with Gasteiger partial charge in [-0.05, 0) is 42.0 Å². The van der Waals surface area contributed by atoms with Gasteiger partial charge in [0.2, 0.25) is 0 Å². The average molecular weight is 373 g/mol. The molecule has 2 aromatic carbocycles. The van der Waals surface area contributed by atoms with E-state index in [4.69, 9.17) is 9.47 Å². The van der Waals surface area contributed by atoms with Crippen molar-refractivity contribution in [3.63, 3.8) is 0 Å². The van der Waals surface area contributed by atoms with Gasteiger partial charge in [-0.3, -0.25) is 9.89 Å². The summed E-state index contributed by atoms with van der Waals surface area (Å²) in [6.45, 7) is 2.49. The molecule has 1 aromatic heterocycles. The van der Waals surface area contributed by atoms with Gasteiger partial charge >= 0.3 is 0 Å². The number of carbonyl (C=O) groups is 1. The second-order valence-corrected chi connectivity index (χ2v) is 6.78. The minimum atomic E-state index is 0.0538. The van der Waals surface area contributed by atoms with E-state index in [0.717, 1.165) is 34.0 Å². The van der Waals surface area contributed by atoms with Crippen LogP contribution in [0, 0.1) is 0 Å². The highest BCUT2D eigenvalue weighted by Gasteiger charge is 2.17. The molecule has 0 atom stereocenters. The Labute approximate surface area is 162 Å². The molecule has 1 N–H and O–H groups in total. The molecular weight excluding hydrogens is 354 g/mol. The Bertz CT molecular complexity index is 1050. The number of aromatic nitrogens is 2. The zero-order valence-electron chi connectivity index (χ0n) is 15.2. The molecule has 3 heterocycles. The average Bonchev–Trinajstić information content (AvgIpc) is 3.45. The molecular formula is C22H19N3O3. The molecule has 6 nitrogen and oxygen atoms in total. The summed E-state index contributed by atoms with van der Waals surface area (Å²) >= 11 is 0. The van der Waals surface area contributed by atoms with E-state index in [0.29, 0.717) is 31.9 Å². The maximum absolute atomic E-state index is 12.4. The lowest BCUT2D eigenvalue weighted by molar-refractivity contribution is 0.0800. The van der Waals surface area contributed by atoms with Gasteiger partial charge in [-0.15, -0.1) is 0 Å². The summed E-state index contributed by atoms with van der Waals surface area (Å²) in [5.74, 6) is 1.56. The van der Waals surface area contributed by atoms with E-state index in [9.17, 15) is 4.79 Å². The van der Waals surface area contributed by atoms with E-state index in [1.54, 1.807) is 0 Å². The number of hydrogen-bond acceptors (Lipinski definition) is 4. The minimum absolute atomic E-state index is 0.0538. The van der Waals surface area contributed by atoms with Crippen LogP contribution in [0.15, 0.2) is 60.7 Å². The molecule has 2 aliphatic heterocycles. The van der Waals surface area contributed by atoms with E-state index >= 15 is 0 Å². The molecule has 3 aromatic rings. The summed E-state index contributed by atoms with van der Waals surface area (Å²) in [6, 6.07) is 15.4. The van der Waals surface area contributed by atoms with Crippen molar-refractivity contribution >= 4 is 5.91 Å². The summed E-state index contributed by atoms with van der Waals surface area (Å²) in [5.41, 5.74) is 4.36. The number of fused-ring (bicyclic) bond motifs is 1. The van der Waals surface area contributed by atoms with E-state index in [2.05, 4.69) is 10.2 Å². The van der Waals surface area contributed by atoms with E-state index < -0.39 is 0 Å². The number of H-pyrrole nitrogens is 1. The lowest BCUT2D eigenvalue weighted by atomic mass is 10.1. The van der Waals surface area contributed by atoms with Crippen LogP contribution in [-0.2, 0) is 0 Å². The highest BCUT2D eigenvalue weighted by atomic mass is 16.6. The Kier molecular flexibility index (Phi) is 4.09. The van der Waals surface area contributed by atoms with Crippen LogP contribution in [0.4, 0.5) is 0 Å². The zero-order chi connectivity index (χ0) is 18.9. The number of carbonyl (C=O) groups excluding carboxylic acids is 1. The third kappa shape index (κ3) is 3.03. The van der Waals surface area contributed by atoms with Gasteiger partial charge in [0.05, 0.1) is 11.4 Å². The quantitative estimate of drug-likeness (QED) is 0.713. The van der Waals surface area contributed by atoms with Crippen molar-refractivity contribution in [1.29, 1.82) is 0 Å². The molecule has 0 bridgehead atoms. The minimum Gasteiger partial charge on any atom is -0.486 e. The standard InChI is InChI=1S/C22H19N3O3/c26-22(25-9-1-2-10-25)16-5-3-15(4-6-16)18-14-19(24-23-18)17-7-8-20-21(13-17)28-12-11-27-20/h1-8,13-14H,9-12H2,(H,23,24). The first-order valence-corrected chi connectivity index (χ1v) is 9.28. The maximum Gasteiger partial charge on any atom is 0.254 e.